The minimum atomic E-state index is 0.0359. The number of hydrogen-bond donors (Lipinski definition) is 5. The Kier molecular flexibility index (Phi) is 8.66. The molecule has 9 heteroatoms. The summed E-state index contributed by atoms with van der Waals surface area (Å²) in [5, 5.41) is 10.4. The van der Waals surface area contributed by atoms with E-state index in [1.54, 1.807) is 11.8 Å². The molecule has 6 N–H and O–H groups in total. The van der Waals surface area contributed by atoms with Crippen molar-refractivity contribution in [1.82, 2.24) is 4.98 Å². The van der Waals surface area contributed by atoms with Crippen molar-refractivity contribution in [3.8, 4) is 11.1 Å². The number of thioether (sulfide) groups is 1. The van der Waals surface area contributed by atoms with E-state index in [1.165, 1.54) is 5.56 Å². The molecule has 0 unspecified atom stereocenters. The molecule has 2 heterocycles. The number of aromatic nitrogens is 1. The number of rotatable bonds is 9. The Hall–Kier alpha value is -5.02. The normalized spacial score (nSPS) is 11.7. The standard InChI is InChI=1S/C31H26N4O2S.CH3NO/c36-19-33-28-17-24(9-11-30(28)38-13-12-20-4-2-1-3-5-20)34-29-18-32-26-10-8-21(14-25(26)29)22-6-7-23-16-31(37)35-27(23)15-22;2-1-3/h1-11,14-15,17-19,32,34H,12-13,16H2,(H,33,36)(H,35,37);1H,(H2,2,3). The fourth-order valence-electron chi connectivity index (χ4n) is 4.79. The summed E-state index contributed by atoms with van der Waals surface area (Å²) in [6.07, 6.45) is 4.32. The molecule has 1 aromatic heterocycles. The number of H-pyrrole nitrogens is 1. The molecule has 0 spiro atoms. The predicted octanol–water partition coefficient (Wildman–Crippen LogP) is 6.08. The van der Waals surface area contributed by atoms with Crippen molar-refractivity contribution in [2.75, 3.05) is 21.7 Å². The van der Waals surface area contributed by atoms with Crippen LogP contribution in [0.3, 0.4) is 0 Å². The third-order valence-corrected chi connectivity index (χ3v) is 7.79. The highest BCUT2D eigenvalue weighted by atomic mass is 32.2. The monoisotopic (exact) mass is 563 g/mol. The summed E-state index contributed by atoms with van der Waals surface area (Å²) >= 11 is 1.73. The molecule has 0 atom stereocenters. The van der Waals surface area contributed by atoms with E-state index in [2.05, 4.69) is 75.2 Å². The fourth-order valence-corrected chi connectivity index (χ4v) is 5.78. The first-order valence-electron chi connectivity index (χ1n) is 13.1. The highest BCUT2D eigenvalue weighted by Gasteiger charge is 2.18. The second kappa shape index (κ2) is 12.9. The molecular weight excluding hydrogens is 534 g/mol. The maximum absolute atomic E-state index is 11.8. The van der Waals surface area contributed by atoms with Crippen LogP contribution in [-0.2, 0) is 27.2 Å². The van der Waals surface area contributed by atoms with Gasteiger partial charge in [-0.15, -0.1) is 11.8 Å². The van der Waals surface area contributed by atoms with E-state index >= 15 is 0 Å². The molecule has 8 nitrogen and oxygen atoms in total. The van der Waals surface area contributed by atoms with Crippen LogP contribution < -0.4 is 21.7 Å². The van der Waals surface area contributed by atoms with E-state index in [0.29, 0.717) is 6.42 Å². The number of nitrogens with one attached hydrogen (secondary N) is 4. The molecule has 5 aromatic rings. The summed E-state index contributed by atoms with van der Waals surface area (Å²) in [5.41, 5.74) is 13.1. The number of fused-ring (bicyclic) bond motifs is 2. The van der Waals surface area contributed by atoms with Crippen LogP contribution >= 0.6 is 11.8 Å². The van der Waals surface area contributed by atoms with Gasteiger partial charge < -0.3 is 26.7 Å². The van der Waals surface area contributed by atoms with Crippen molar-refractivity contribution in [2.24, 2.45) is 5.73 Å². The maximum atomic E-state index is 11.8. The van der Waals surface area contributed by atoms with Gasteiger partial charge in [0, 0.05) is 39.1 Å². The van der Waals surface area contributed by atoms with Gasteiger partial charge in [-0.3, -0.25) is 14.4 Å². The van der Waals surface area contributed by atoms with Gasteiger partial charge in [0.25, 0.3) is 0 Å². The molecule has 4 aromatic carbocycles. The van der Waals surface area contributed by atoms with Crippen LogP contribution in [0.2, 0.25) is 0 Å². The lowest BCUT2D eigenvalue weighted by Gasteiger charge is -2.12. The summed E-state index contributed by atoms with van der Waals surface area (Å²) in [5.74, 6) is 0.954. The molecule has 0 aliphatic carbocycles. The Morgan fingerprint density at radius 2 is 1.68 bits per heavy atom. The van der Waals surface area contributed by atoms with Gasteiger partial charge in [0.1, 0.15) is 0 Å². The quantitative estimate of drug-likeness (QED) is 0.110. The third-order valence-electron chi connectivity index (χ3n) is 6.71. The van der Waals surface area contributed by atoms with Crippen molar-refractivity contribution in [3.63, 3.8) is 0 Å². The summed E-state index contributed by atoms with van der Waals surface area (Å²) in [4.78, 5) is 36.0. The lowest BCUT2D eigenvalue weighted by molar-refractivity contribution is -0.115. The number of aryl methyl sites for hydroxylation is 1. The second-order valence-electron chi connectivity index (χ2n) is 9.38. The number of amides is 3. The first kappa shape index (κ1) is 27.5. The van der Waals surface area contributed by atoms with Gasteiger partial charge >= 0.3 is 0 Å². The van der Waals surface area contributed by atoms with Gasteiger partial charge in [0.05, 0.1) is 17.8 Å². The van der Waals surface area contributed by atoms with Crippen LogP contribution in [-0.4, -0.2) is 29.5 Å². The Morgan fingerprint density at radius 1 is 0.902 bits per heavy atom. The molecule has 0 saturated heterocycles. The predicted molar refractivity (Wildman–Crippen MR) is 167 cm³/mol. The van der Waals surface area contributed by atoms with E-state index in [4.69, 9.17) is 4.79 Å². The van der Waals surface area contributed by atoms with Crippen molar-refractivity contribution in [3.05, 3.63) is 102 Å². The van der Waals surface area contributed by atoms with Gasteiger partial charge in [-0.05, 0) is 65.1 Å². The third kappa shape index (κ3) is 6.59. The molecule has 1 aliphatic heterocycles. The number of primary amides is 1. The van der Waals surface area contributed by atoms with Crippen LogP contribution in [0, 0.1) is 0 Å². The zero-order chi connectivity index (χ0) is 28.6. The highest BCUT2D eigenvalue weighted by Crippen LogP contribution is 2.35. The summed E-state index contributed by atoms with van der Waals surface area (Å²) in [6.45, 7) is 0. The number of aromatic amines is 1. The first-order chi connectivity index (χ1) is 20.1. The Bertz CT molecular complexity index is 1700. The largest absolute Gasteiger partial charge is 0.372 e. The van der Waals surface area contributed by atoms with Crippen LogP contribution in [0.25, 0.3) is 22.0 Å². The number of nitrogens with two attached hydrogens (primary N) is 1. The minimum absolute atomic E-state index is 0.0359. The Labute approximate surface area is 241 Å². The van der Waals surface area contributed by atoms with E-state index in [-0.39, 0.29) is 12.3 Å². The van der Waals surface area contributed by atoms with E-state index in [0.717, 1.165) is 73.8 Å². The molecule has 206 valence electrons. The van der Waals surface area contributed by atoms with Crippen molar-refractivity contribution in [1.29, 1.82) is 0 Å². The Balaban J connectivity index is 0.00000108. The molecule has 0 fully saturated rings. The molecule has 6 rings (SSSR count). The minimum Gasteiger partial charge on any atom is -0.372 e. The lowest BCUT2D eigenvalue weighted by Crippen LogP contribution is -2.03. The van der Waals surface area contributed by atoms with Gasteiger partial charge in [-0.1, -0.05) is 48.5 Å². The zero-order valence-corrected chi connectivity index (χ0v) is 23.0. The zero-order valence-electron chi connectivity index (χ0n) is 22.1. The highest BCUT2D eigenvalue weighted by molar-refractivity contribution is 7.99. The molecule has 0 bridgehead atoms. The van der Waals surface area contributed by atoms with Crippen LogP contribution in [0.15, 0.2) is 96.0 Å². The van der Waals surface area contributed by atoms with Crippen molar-refractivity contribution in [2.45, 2.75) is 17.7 Å². The smallest absolute Gasteiger partial charge is 0.228 e. The number of benzene rings is 4. The molecule has 0 saturated carbocycles. The van der Waals surface area contributed by atoms with E-state index < -0.39 is 0 Å². The van der Waals surface area contributed by atoms with E-state index in [1.807, 2.05) is 42.6 Å². The molecule has 41 heavy (non-hydrogen) atoms. The average molecular weight is 564 g/mol. The number of hydrogen-bond acceptors (Lipinski definition) is 5. The maximum Gasteiger partial charge on any atom is 0.228 e. The molecular formula is C32H29N5O3S. The van der Waals surface area contributed by atoms with Gasteiger partial charge in [0.15, 0.2) is 0 Å². The molecule has 0 radical (unpaired) electrons. The lowest BCUT2D eigenvalue weighted by atomic mass is 10.0. The Morgan fingerprint density at radius 3 is 2.49 bits per heavy atom. The molecule has 3 amide bonds. The molecule has 1 aliphatic rings. The summed E-state index contributed by atoms with van der Waals surface area (Å²) < 4.78 is 0. The van der Waals surface area contributed by atoms with Gasteiger partial charge in [-0.25, -0.2) is 0 Å². The second-order valence-corrected chi connectivity index (χ2v) is 10.5. The number of anilines is 4. The summed E-state index contributed by atoms with van der Waals surface area (Å²) in [7, 11) is 0. The average Bonchev–Trinajstić information content (AvgIpc) is 3.56. The number of carbonyl (C=O) groups is 3. The van der Waals surface area contributed by atoms with Crippen LogP contribution in [0.4, 0.5) is 22.7 Å². The van der Waals surface area contributed by atoms with E-state index in [9.17, 15) is 9.59 Å². The van der Waals surface area contributed by atoms with Gasteiger partial charge in [-0.2, -0.15) is 0 Å². The topological polar surface area (TPSA) is 129 Å². The number of carbonyl (C=O) groups excluding carboxylic acids is 3. The SMILES string of the molecule is NC=O.O=CNc1cc(Nc2c[nH]c3ccc(-c4ccc5c(c4)NC(=O)C5)cc23)ccc1SCCc1ccccc1. The van der Waals surface area contributed by atoms with Crippen molar-refractivity contribution >= 4 is 64.1 Å². The summed E-state index contributed by atoms with van der Waals surface area (Å²) in [6, 6.07) is 28.8. The fraction of sp³-hybridized carbons (Fsp3) is 0.0938. The van der Waals surface area contributed by atoms with Crippen molar-refractivity contribution < 1.29 is 14.4 Å². The van der Waals surface area contributed by atoms with Crippen LogP contribution in [0.5, 0.6) is 0 Å². The van der Waals surface area contributed by atoms with Crippen LogP contribution in [0.1, 0.15) is 11.1 Å². The first-order valence-corrected chi connectivity index (χ1v) is 14.0. The van der Waals surface area contributed by atoms with Gasteiger partial charge in [0.2, 0.25) is 18.7 Å².